The number of hydrogen-bond acceptors (Lipinski definition) is 5. The molecular weight excluding hydrogens is 308 g/mol. The highest BCUT2D eigenvalue weighted by atomic mass is 32.2. The molecule has 21 heavy (non-hydrogen) atoms. The van der Waals surface area contributed by atoms with Crippen LogP contribution in [0.3, 0.4) is 0 Å². The molecule has 0 aliphatic carbocycles. The van der Waals surface area contributed by atoms with Gasteiger partial charge in [-0.05, 0) is 38.3 Å². The topological polar surface area (TPSA) is 72.6 Å². The molecule has 5 nitrogen and oxygen atoms in total. The highest BCUT2D eigenvalue weighted by Crippen LogP contribution is 2.25. The molecule has 2 N–H and O–H groups in total. The van der Waals surface area contributed by atoms with Crippen molar-refractivity contribution < 1.29 is 13.2 Å². The second-order valence-electron chi connectivity index (χ2n) is 4.73. The molecule has 1 aromatic rings. The van der Waals surface area contributed by atoms with E-state index in [2.05, 4.69) is 0 Å². The summed E-state index contributed by atoms with van der Waals surface area (Å²) in [6.07, 6.45) is 1.96. The first-order valence-electron chi connectivity index (χ1n) is 6.81. The molecule has 0 fully saturated rings. The van der Waals surface area contributed by atoms with Crippen molar-refractivity contribution in [3.8, 4) is 5.75 Å². The molecule has 120 valence electrons. The van der Waals surface area contributed by atoms with E-state index >= 15 is 0 Å². The number of sulfonamides is 1. The van der Waals surface area contributed by atoms with Crippen molar-refractivity contribution in [3.63, 3.8) is 0 Å². The Morgan fingerprint density at radius 3 is 2.62 bits per heavy atom. The maximum absolute atomic E-state index is 12.6. The third kappa shape index (κ3) is 4.35. The molecule has 7 heteroatoms. The molecule has 0 heterocycles. The van der Waals surface area contributed by atoms with E-state index < -0.39 is 10.0 Å². The van der Waals surface area contributed by atoms with Gasteiger partial charge < -0.3 is 10.5 Å². The van der Waals surface area contributed by atoms with Gasteiger partial charge in [-0.2, -0.15) is 16.1 Å². The lowest BCUT2D eigenvalue weighted by Crippen LogP contribution is -2.36. The molecule has 0 saturated heterocycles. The maximum atomic E-state index is 12.6. The first-order valence-corrected chi connectivity index (χ1v) is 9.64. The molecule has 1 atom stereocenters. The van der Waals surface area contributed by atoms with E-state index in [0.717, 1.165) is 5.75 Å². The Morgan fingerprint density at radius 1 is 1.43 bits per heavy atom. The molecule has 0 aliphatic heterocycles. The molecule has 0 aromatic heterocycles. The van der Waals surface area contributed by atoms with Gasteiger partial charge in [-0.3, -0.25) is 0 Å². The summed E-state index contributed by atoms with van der Waals surface area (Å²) < 4.78 is 32.1. The van der Waals surface area contributed by atoms with Gasteiger partial charge in [-0.25, -0.2) is 8.42 Å². The number of hydrogen-bond donors (Lipinski definition) is 1. The van der Waals surface area contributed by atoms with E-state index in [-0.39, 0.29) is 17.5 Å². The number of rotatable bonds is 8. The molecule has 1 unspecified atom stereocenters. The zero-order chi connectivity index (χ0) is 16.0. The summed E-state index contributed by atoms with van der Waals surface area (Å²) in [4.78, 5) is 0.252. The van der Waals surface area contributed by atoms with E-state index in [1.165, 1.54) is 4.31 Å². The zero-order valence-corrected chi connectivity index (χ0v) is 14.6. The van der Waals surface area contributed by atoms with Gasteiger partial charge in [0.05, 0.1) is 11.5 Å². The molecule has 0 bridgehead atoms. The van der Waals surface area contributed by atoms with Gasteiger partial charge >= 0.3 is 0 Å². The van der Waals surface area contributed by atoms with Crippen molar-refractivity contribution in [1.82, 2.24) is 4.31 Å². The van der Waals surface area contributed by atoms with Crippen molar-refractivity contribution in [2.45, 2.75) is 31.3 Å². The van der Waals surface area contributed by atoms with Crippen LogP contribution in [0.1, 0.15) is 19.4 Å². The van der Waals surface area contributed by atoms with Crippen LogP contribution in [-0.4, -0.2) is 44.4 Å². The lowest BCUT2D eigenvalue weighted by Gasteiger charge is -2.24. The van der Waals surface area contributed by atoms with Gasteiger partial charge in [-0.1, -0.05) is 0 Å². The van der Waals surface area contributed by atoms with Crippen molar-refractivity contribution in [2.24, 2.45) is 5.73 Å². The molecule has 0 radical (unpaired) electrons. The Labute approximate surface area is 131 Å². The number of nitrogens with two attached hydrogens (primary N) is 1. The standard InChI is InChI=1S/C14H24N2O3S2/c1-5-19-14-7-6-13(8-12(14)9-15)21(17,18)16(3)11(2)10-20-4/h6-8,11H,5,9-10,15H2,1-4H3. The van der Waals surface area contributed by atoms with Crippen LogP contribution in [-0.2, 0) is 16.6 Å². The Bertz CT molecular complexity index is 561. The van der Waals surface area contributed by atoms with Crippen LogP contribution < -0.4 is 10.5 Å². The third-order valence-electron chi connectivity index (χ3n) is 3.26. The highest BCUT2D eigenvalue weighted by molar-refractivity contribution is 7.98. The summed E-state index contributed by atoms with van der Waals surface area (Å²) >= 11 is 1.62. The summed E-state index contributed by atoms with van der Waals surface area (Å²) in [5, 5.41) is 0. The van der Waals surface area contributed by atoms with E-state index in [0.29, 0.717) is 17.9 Å². The van der Waals surface area contributed by atoms with Crippen molar-refractivity contribution in [2.75, 3.05) is 25.7 Å². The monoisotopic (exact) mass is 332 g/mol. The fourth-order valence-corrected chi connectivity index (χ4v) is 4.13. The number of nitrogens with zero attached hydrogens (tertiary/aromatic N) is 1. The summed E-state index contributed by atoms with van der Waals surface area (Å²) in [7, 11) is -1.91. The predicted octanol–water partition coefficient (Wildman–Crippen LogP) is 1.92. The fraction of sp³-hybridized carbons (Fsp3) is 0.571. The van der Waals surface area contributed by atoms with Crippen LogP contribution in [0.4, 0.5) is 0 Å². The summed E-state index contributed by atoms with van der Waals surface area (Å²) in [5.74, 6) is 1.38. The summed E-state index contributed by atoms with van der Waals surface area (Å²) in [6.45, 7) is 4.53. The fourth-order valence-electron chi connectivity index (χ4n) is 1.92. The minimum absolute atomic E-state index is 0.0714. The lowest BCUT2D eigenvalue weighted by molar-refractivity contribution is 0.336. The van der Waals surface area contributed by atoms with Crippen molar-refractivity contribution >= 4 is 21.8 Å². The maximum Gasteiger partial charge on any atom is 0.243 e. The summed E-state index contributed by atoms with van der Waals surface area (Å²) in [6, 6.07) is 4.77. The van der Waals surface area contributed by atoms with E-state index in [9.17, 15) is 8.42 Å². The Morgan fingerprint density at radius 2 is 2.10 bits per heavy atom. The van der Waals surface area contributed by atoms with Gasteiger partial charge in [0.25, 0.3) is 0 Å². The van der Waals surface area contributed by atoms with Gasteiger partial charge in [0.15, 0.2) is 0 Å². The molecule has 0 saturated carbocycles. The summed E-state index contributed by atoms with van der Waals surface area (Å²) in [5.41, 5.74) is 6.38. The Balaban J connectivity index is 3.14. The van der Waals surface area contributed by atoms with Crippen LogP contribution in [0, 0.1) is 0 Å². The quantitative estimate of drug-likeness (QED) is 0.787. The predicted molar refractivity (Wildman–Crippen MR) is 88.3 cm³/mol. The Hall–Kier alpha value is -0.760. The molecule has 0 amide bonds. The van der Waals surface area contributed by atoms with E-state index in [4.69, 9.17) is 10.5 Å². The minimum atomic E-state index is -3.52. The van der Waals surface area contributed by atoms with Crippen LogP contribution in [0.5, 0.6) is 5.75 Å². The van der Waals surface area contributed by atoms with Crippen LogP contribution in [0.2, 0.25) is 0 Å². The van der Waals surface area contributed by atoms with Crippen LogP contribution >= 0.6 is 11.8 Å². The van der Waals surface area contributed by atoms with Gasteiger partial charge in [0, 0.05) is 31.0 Å². The second-order valence-corrected chi connectivity index (χ2v) is 7.64. The molecule has 0 spiro atoms. The third-order valence-corrected chi connectivity index (χ3v) is 6.04. The van der Waals surface area contributed by atoms with Gasteiger partial charge in [0.1, 0.15) is 5.75 Å². The second kappa shape index (κ2) is 8.03. The number of thioether (sulfide) groups is 1. The molecule has 1 rings (SSSR count). The van der Waals surface area contributed by atoms with Crippen LogP contribution in [0.15, 0.2) is 23.1 Å². The van der Waals surface area contributed by atoms with Crippen molar-refractivity contribution in [1.29, 1.82) is 0 Å². The average Bonchev–Trinajstić information content (AvgIpc) is 2.47. The van der Waals surface area contributed by atoms with Crippen molar-refractivity contribution in [3.05, 3.63) is 23.8 Å². The van der Waals surface area contributed by atoms with Gasteiger partial charge in [0.2, 0.25) is 10.0 Å². The van der Waals surface area contributed by atoms with Gasteiger partial charge in [-0.15, -0.1) is 0 Å². The smallest absolute Gasteiger partial charge is 0.243 e. The normalized spacial score (nSPS) is 13.4. The largest absolute Gasteiger partial charge is 0.494 e. The number of benzene rings is 1. The first-order chi connectivity index (χ1) is 9.88. The molecule has 1 aromatic carbocycles. The molecular formula is C14H24N2O3S2. The number of ether oxygens (including phenoxy) is 1. The Kier molecular flexibility index (Phi) is 6.99. The lowest BCUT2D eigenvalue weighted by atomic mass is 10.2. The first kappa shape index (κ1) is 18.3. The zero-order valence-electron chi connectivity index (χ0n) is 13.0. The SMILES string of the molecule is CCOc1ccc(S(=O)(=O)N(C)C(C)CSC)cc1CN. The van der Waals surface area contributed by atoms with E-state index in [1.54, 1.807) is 37.0 Å². The van der Waals surface area contributed by atoms with E-state index in [1.807, 2.05) is 20.1 Å². The highest BCUT2D eigenvalue weighted by Gasteiger charge is 2.25. The average molecular weight is 332 g/mol. The van der Waals surface area contributed by atoms with Crippen LogP contribution in [0.25, 0.3) is 0 Å². The minimum Gasteiger partial charge on any atom is -0.494 e. The molecule has 0 aliphatic rings.